The fourth-order valence-corrected chi connectivity index (χ4v) is 1.58. The standard InChI is InChI=1S/C15H20N2O/c1-5-15(4,10-16)14(18)17-12(3)13-8-6-11(2)7-9-13/h6-9,12H,5H2,1-4H3,(H,17,18). The van der Waals surface area contributed by atoms with Crippen molar-refractivity contribution in [2.45, 2.75) is 40.2 Å². The zero-order valence-corrected chi connectivity index (χ0v) is 11.4. The highest BCUT2D eigenvalue weighted by Crippen LogP contribution is 2.22. The van der Waals surface area contributed by atoms with Gasteiger partial charge in [0.05, 0.1) is 12.1 Å². The summed E-state index contributed by atoms with van der Waals surface area (Å²) in [7, 11) is 0. The minimum Gasteiger partial charge on any atom is -0.348 e. The van der Waals surface area contributed by atoms with E-state index < -0.39 is 5.41 Å². The second-order valence-electron chi connectivity index (χ2n) is 4.90. The highest BCUT2D eigenvalue weighted by atomic mass is 16.2. The molecule has 1 rings (SSSR count). The first-order valence-corrected chi connectivity index (χ1v) is 6.21. The zero-order valence-electron chi connectivity index (χ0n) is 11.4. The van der Waals surface area contributed by atoms with Crippen molar-refractivity contribution in [1.82, 2.24) is 5.32 Å². The summed E-state index contributed by atoms with van der Waals surface area (Å²) < 4.78 is 0. The van der Waals surface area contributed by atoms with Gasteiger partial charge in [0.2, 0.25) is 5.91 Å². The number of amides is 1. The monoisotopic (exact) mass is 244 g/mol. The van der Waals surface area contributed by atoms with Gasteiger partial charge in [0.25, 0.3) is 0 Å². The first kappa shape index (κ1) is 14.2. The van der Waals surface area contributed by atoms with E-state index in [1.165, 1.54) is 5.56 Å². The molecule has 0 spiro atoms. The molecule has 0 heterocycles. The Morgan fingerprint density at radius 2 is 2.00 bits per heavy atom. The smallest absolute Gasteiger partial charge is 0.240 e. The number of hydrogen-bond donors (Lipinski definition) is 1. The van der Waals surface area contributed by atoms with Crippen LogP contribution in [-0.2, 0) is 4.79 Å². The Labute approximate surface area is 109 Å². The van der Waals surface area contributed by atoms with Crippen molar-refractivity contribution in [3.05, 3.63) is 35.4 Å². The van der Waals surface area contributed by atoms with Crippen LogP contribution in [0.3, 0.4) is 0 Å². The first-order chi connectivity index (χ1) is 8.42. The van der Waals surface area contributed by atoms with Gasteiger partial charge >= 0.3 is 0 Å². The predicted octanol–water partition coefficient (Wildman–Crippen LogP) is 3.11. The van der Waals surface area contributed by atoms with E-state index >= 15 is 0 Å². The summed E-state index contributed by atoms with van der Waals surface area (Å²) >= 11 is 0. The third kappa shape index (κ3) is 3.10. The Hall–Kier alpha value is -1.82. The normalized spacial score (nSPS) is 15.3. The van der Waals surface area contributed by atoms with Crippen LogP contribution < -0.4 is 5.32 Å². The van der Waals surface area contributed by atoms with Gasteiger partial charge in [-0.1, -0.05) is 36.8 Å². The van der Waals surface area contributed by atoms with Crippen molar-refractivity contribution in [3.63, 3.8) is 0 Å². The van der Waals surface area contributed by atoms with Crippen molar-refractivity contribution >= 4 is 5.91 Å². The first-order valence-electron chi connectivity index (χ1n) is 6.21. The van der Waals surface area contributed by atoms with Gasteiger partial charge in [0.1, 0.15) is 5.41 Å². The van der Waals surface area contributed by atoms with E-state index in [2.05, 4.69) is 11.4 Å². The highest BCUT2D eigenvalue weighted by molar-refractivity contribution is 5.85. The van der Waals surface area contributed by atoms with E-state index in [0.717, 1.165) is 5.56 Å². The molecule has 0 aliphatic carbocycles. The fraction of sp³-hybridized carbons (Fsp3) is 0.467. The van der Waals surface area contributed by atoms with Crippen molar-refractivity contribution in [1.29, 1.82) is 5.26 Å². The number of carbonyl (C=O) groups excluding carboxylic acids is 1. The summed E-state index contributed by atoms with van der Waals surface area (Å²) in [5.74, 6) is -0.208. The SMILES string of the molecule is CCC(C)(C#N)C(=O)NC(C)c1ccc(C)cc1. The number of nitrogens with zero attached hydrogens (tertiary/aromatic N) is 1. The zero-order chi connectivity index (χ0) is 13.8. The predicted molar refractivity (Wildman–Crippen MR) is 71.7 cm³/mol. The van der Waals surface area contributed by atoms with Crippen LogP contribution in [0.15, 0.2) is 24.3 Å². The molecule has 0 saturated carbocycles. The average molecular weight is 244 g/mol. The van der Waals surface area contributed by atoms with E-state index in [0.29, 0.717) is 6.42 Å². The van der Waals surface area contributed by atoms with Crippen molar-refractivity contribution in [2.75, 3.05) is 0 Å². The number of rotatable bonds is 4. The molecule has 3 nitrogen and oxygen atoms in total. The van der Waals surface area contributed by atoms with Crippen LogP contribution in [0.5, 0.6) is 0 Å². The minimum atomic E-state index is -0.945. The van der Waals surface area contributed by atoms with E-state index in [4.69, 9.17) is 5.26 Å². The largest absolute Gasteiger partial charge is 0.348 e. The molecule has 1 aromatic rings. The van der Waals surface area contributed by atoms with Gasteiger partial charge in [0.15, 0.2) is 0 Å². The van der Waals surface area contributed by atoms with Crippen molar-refractivity contribution < 1.29 is 4.79 Å². The maximum Gasteiger partial charge on any atom is 0.240 e. The maximum absolute atomic E-state index is 12.0. The average Bonchev–Trinajstić information content (AvgIpc) is 2.38. The lowest BCUT2D eigenvalue weighted by Crippen LogP contribution is -2.38. The van der Waals surface area contributed by atoms with Gasteiger partial charge in [-0.3, -0.25) is 4.79 Å². The molecule has 0 aromatic heterocycles. The minimum absolute atomic E-state index is 0.0858. The Morgan fingerprint density at radius 1 is 1.44 bits per heavy atom. The molecule has 18 heavy (non-hydrogen) atoms. The molecule has 0 aliphatic rings. The number of benzene rings is 1. The van der Waals surface area contributed by atoms with Crippen LogP contribution in [0.1, 0.15) is 44.4 Å². The number of nitriles is 1. The van der Waals surface area contributed by atoms with Crippen LogP contribution in [0.25, 0.3) is 0 Å². The summed E-state index contributed by atoms with van der Waals surface area (Å²) in [6.07, 6.45) is 0.510. The van der Waals surface area contributed by atoms with Crippen molar-refractivity contribution in [3.8, 4) is 6.07 Å². The van der Waals surface area contributed by atoms with Crippen LogP contribution in [0.2, 0.25) is 0 Å². The molecule has 96 valence electrons. The summed E-state index contributed by atoms with van der Waals surface area (Å²) in [6.45, 7) is 7.47. The second-order valence-corrected chi connectivity index (χ2v) is 4.90. The molecule has 1 aromatic carbocycles. The molecule has 2 unspecified atom stereocenters. The van der Waals surface area contributed by atoms with Crippen LogP contribution in [0.4, 0.5) is 0 Å². The molecule has 0 bridgehead atoms. The summed E-state index contributed by atoms with van der Waals surface area (Å²) in [5, 5.41) is 12.0. The molecule has 0 saturated heterocycles. The number of nitrogens with one attached hydrogen (secondary N) is 1. The number of aryl methyl sites for hydroxylation is 1. The summed E-state index contributed by atoms with van der Waals surface area (Å²) in [5.41, 5.74) is 1.29. The van der Waals surface area contributed by atoms with Gasteiger partial charge in [-0.05, 0) is 32.8 Å². The van der Waals surface area contributed by atoms with Gasteiger partial charge in [-0.2, -0.15) is 5.26 Å². The Kier molecular flexibility index (Phi) is 4.49. The second kappa shape index (κ2) is 5.68. The lowest BCUT2D eigenvalue weighted by Gasteiger charge is -2.22. The van der Waals surface area contributed by atoms with Gasteiger partial charge in [-0.25, -0.2) is 0 Å². The molecule has 3 heteroatoms. The van der Waals surface area contributed by atoms with E-state index in [1.807, 2.05) is 45.0 Å². The van der Waals surface area contributed by atoms with Crippen LogP contribution in [-0.4, -0.2) is 5.91 Å². The molecule has 1 N–H and O–H groups in total. The Morgan fingerprint density at radius 3 is 2.44 bits per heavy atom. The van der Waals surface area contributed by atoms with Gasteiger partial charge < -0.3 is 5.32 Å². The highest BCUT2D eigenvalue weighted by Gasteiger charge is 2.31. The molecule has 2 atom stereocenters. The van der Waals surface area contributed by atoms with Crippen LogP contribution in [0, 0.1) is 23.7 Å². The third-order valence-corrected chi connectivity index (χ3v) is 3.38. The third-order valence-electron chi connectivity index (χ3n) is 3.38. The molecule has 1 amide bonds. The lowest BCUT2D eigenvalue weighted by atomic mass is 9.88. The fourth-order valence-electron chi connectivity index (χ4n) is 1.58. The Balaban J connectivity index is 2.77. The van der Waals surface area contributed by atoms with E-state index in [1.54, 1.807) is 6.92 Å². The number of hydrogen-bond acceptors (Lipinski definition) is 2. The van der Waals surface area contributed by atoms with Crippen LogP contribution >= 0.6 is 0 Å². The summed E-state index contributed by atoms with van der Waals surface area (Å²) in [4.78, 5) is 12.0. The maximum atomic E-state index is 12.0. The topological polar surface area (TPSA) is 52.9 Å². The summed E-state index contributed by atoms with van der Waals surface area (Å²) in [6, 6.07) is 10.0. The molecule has 0 fully saturated rings. The number of carbonyl (C=O) groups is 1. The lowest BCUT2D eigenvalue weighted by molar-refractivity contribution is -0.128. The molecular formula is C15H20N2O. The van der Waals surface area contributed by atoms with Gasteiger partial charge in [0, 0.05) is 0 Å². The molecular weight excluding hydrogens is 224 g/mol. The van der Waals surface area contributed by atoms with E-state index in [-0.39, 0.29) is 11.9 Å². The molecule has 0 aliphatic heterocycles. The van der Waals surface area contributed by atoms with Gasteiger partial charge in [-0.15, -0.1) is 0 Å². The quantitative estimate of drug-likeness (QED) is 0.884. The molecule has 0 radical (unpaired) electrons. The Bertz CT molecular complexity index is 458. The van der Waals surface area contributed by atoms with Crippen molar-refractivity contribution in [2.24, 2.45) is 5.41 Å². The van der Waals surface area contributed by atoms with E-state index in [9.17, 15) is 4.79 Å².